The largest absolute Gasteiger partial charge is 0.481 e. The molecule has 130 valence electrons. The number of rotatable bonds is 5. The number of likely N-dealkylation sites (tertiary alicyclic amines) is 2. The van der Waals surface area contributed by atoms with E-state index in [0.717, 1.165) is 38.9 Å². The van der Waals surface area contributed by atoms with E-state index in [-0.39, 0.29) is 17.7 Å². The van der Waals surface area contributed by atoms with Gasteiger partial charge >= 0.3 is 5.97 Å². The summed E-state index contributed by atoms with van der Waals surface area (Å²) in [6.45, 7) is 3.98. The van der Waals surface area contributed by atoms with Crippen LogP contribution in [-0.2, 0) is 16.1 Å². The molecule has 0 aliphatic carbocycles. The number of hydrogen-bond donors (Lipinski definition) is 1. The predicted octanol–water partition coefficient (Wildman–Crippen LogP) is 2.37. The van der Waals surface area contributed by atoms with Crippen LogP contribution in [-0.4, -0.2) is 53.0 Å². The second-order valence-corrected chi connectivity index (χ2v) is 7.26. The highest BCUT2D eigenvalue weighted by molar-refractivity contribution is 5.77. The topological polar surface area (TPSA) is 60.9 Å². The van der Waals surface area contributed by atoms with Gasteiger partial charge in [-0.3, -0.25) is 9.59 Å². The summed E-state index contributed by atoms with van der Waals surface area (Å²) < 4.78 is 0. The molecule has 2 aliphatic heterocycles. The Morgan fingerprint density at radius 2 is 1.96 bits per heavy atom. The zero-order valence-corrected chi connectivity index (χ0v) is 14.1. The molecule has 2 aliphatic rings. The molecule has 1 aromatic carbocycles. The van der Waals surface area contributed by atoms with Crippen LogP contribution in [0.3, 0.4) is 0 Å². The quantitative estimate of drug-likeness (QED) is 0.900. The number of carboxylic acids is 1. The molecule has 1 spiro atoms. The molecule has 0 aromatic heterocycles. The lowest BCUT2D eigenvalue weighted by atomic mass is 9.73. The van der Waals surface area contributed by atoms with Gasteiger partial charge in [0.1, 0.15) is 0 Å². The molecule has 2 heterocycles. The zero-order valence-electron chi connectivity index (χ0n) is 14.1. The maximum Gasteiger partial charge on any atom is 0.304 e. The summed E-state index contributed by atoms with van der Waals surface area (Å²) in [5.74, 6) is -0.494. The van der Waals surface area contributed by atoms with Crippen molar-refractivity contribution < 1.29 is 14.7 Å². The van der Waals surface area contributed by atoms with E-state index < -0.39 is 5.97 Å². The van der Waals surface area contributed by atoms with Crippen LogP contribution in [0, 0.1) is 5.41 Å². The maximum atomic E-state index is 12.4. The summed E-state index contributed by atoms with van der Waals surface area (Å²) in [5.41, 5.74) is 1.31. The number of aliphatic carboxylic acids is 1. The van der Waals surface area contributed by atoms with Gasteiger partial charge in [0.25, 0.3) is 0 Å². The third-order valence-electron chi connectivity index (χ3n) is 5.35. The van der Waals surface area contributed by atoms with E-state index in [2.05, 4.69) is 17.0 Å². The van der Waals surface area contributed by atoms with E-state index in [0.29, 0.717) is 19.5 Å². The smallest absolute Gasteiger partial charge is 0.304 e. The second-order valence-electron chi connectivity index (χ2n) is 7.26. The summed E-state index contributed by atoms with van der Waals surface area (Å²) in [5, 5.41) is 8.91. The normalized spacial score (nSPS) is 25.2. The summed E-state index contributed by atoms with van der Waals surface area (Å²) in [6.07, 6.45) is 3.96. The van der Waals surface area contributed by atoms with Gasteiger partial charge in [0.15, 0.2) is 0 Å². The Labute approximate surface area is 143 Å². The Morgan fingerprint density at radius 1 is 1.17 bits per heavy atom. The molecule has 3 rings (SSSR count). The van der Waals surface area contributed by atoms with Gasteiger partial charge in [-0.1, -0.05) is 30.3 Å². The van der Waals surface area contributed by atoms with E-state index in [9.17, 15) is 9.59 Å². The number of carbonyl (C=O) groups is 2. The van der Waals surface area contributed by atoms with E-state index in [1.165, 1.54) is 5.56 Å². The standard InChI is InChI=1S/C19H26N2O3/c22-17-7-10-19(9-4-11-20(14-19)12-8-18(23)24)15-21(17)13-16-5-2-1-3-6-16/h1-3,5-6H,4,7-15H2,(H,23,24). The lowest BCUT2D eigenvalue weighted by Crippen LogP contribution is -2.53. The van der Waals surface area contributed by atoms with Crippen molar-refractivity contribution >= 4 is 11.9 Å². The molecule has 0 saturated carbocycles. The van der Waals surface area contributed by atoms with Crippen LogP contribution in [0.5, 0.6) is 0 Å². The van der Waals surface area contributed by atoms with Gasteiger partial charge in [-0.15, -0.1) is 0 Å². The Bertz CT molecular complexity index is 590. The third-order valence-corrected chi connectivity index (χ3v) is 5.35. The van der Waals surface area contributed by atoms with Gasteiger partial charge in [0.05, 0.1) is 6.42 Å². The minimum absolute atomic E-state index is 0.138. The Hall–Kier alpha value is -1.88. The molecule has 5 nitrogen and oxygen atoms in total. The fraction of sp³-hybridized carbons (Fsp3) is 0.579. The van der Waals surface area contributed by atoms with E-state index in [1.807, 2.05) is 23.1 Å². The first kappa shape index (κ1) is 17.0. The van der Waals surface area contributed by atoms with E-state index in [1.54, 1.807) is 0 Å². The fourth-order valence-electron chi connectivity index (χ4n) is 4.14. The lowest BCUT2D eigenvalue weighted by Gasteiger charge is -2.48. The number of carboxylic acid groups (broad SMARTS) is 1. The van der Waals surface area contributed by atoms with Gasteiger partial charge in [-0.2, -0.15) is 0 Å². The van der Waals surface area contributed by atoms with Crippen molar-refractivity contribution in [3.63, 3.8) is 0 Å². The monoisotopic (exact) mass is 330 g/mol. The summed E-state index contributed by atoms with van der Waals surface area (Å²) in [7, 11) is 0. The number of benzene rings is 1. The average Bonchev–Trinajstić information content (AvgIpc) is 2.58. The summed E-state index contributed by atoms with van der Waals surface area (Å²) in [6, 6.07) is 10.1. The van der Waals surface area contributed by atoms with Gasteiger partial charge < -0.3 is 14.9 Å². The second kappa shape index (κ2) is 7.34. The van der Waals surface area contributed by atoms with Crippen LogP contribution in [0.15, 0.2) is 30.3 Å². The van der Waals surface area contributed by atoms with E-state index >= 15 is 0 Å². The van der Waals surface area contributed by atoms with Crippen molar-refractivity contribution in [2.45, 2.75) is 38.6 Å². The van der Waals surface area contributed by atoms with Gasteiger partial charge in [0.2, 0.25) is 5.91 Å². The predicted molar refractivity (Wildman–Crippen MR) is 91.5 cm³/mol. The summed E-state index contributed by atoms with van der Waals surface area (Å²) in [4.78, 5) is 27.5. The Balaban J connectivity index is 1.64. The highest BCUT2D eigenvalue weighted by atomic mass is 16.4. The Kier molecular flexibility index (Phi) is 5.19. The highest BCUT2D eigenvalue weighted by Gasteiger charge is 2.41. The first-order valence-corrected chi connectivity index (χ1v) is 8.82. The molecule has 1 aromatic rings. The SMILES string of the molecule is O=C(O)CCN1CCCC2(CCC(=O)N(Cc3ccccc3)C2)C1. The van der Waals surface area contributed by atoms with Crippen molar-refractivity contribution in [1.29, 1.82) is 0 Å². The molecule has 1 unspecified atom stereocenters. The molecule has 1 amide bonds. The molecular formula is C19H26N2O3. The molecule has 0 radical (unpaired) electrons. The van der Waals surface area contributed by atoms with Gasteiger partial charge in [0, 0.05) is 38.0 Å². The van der Waals surface area contributed by atoms with Crippen molar-refractivity contribution in [2.24, 2.45) is 5.41 Å². The van der Waals surface area contributed by atoms with Crippen molar-refractivity contribution in [1.82, 2.24) is 9.80 Å². The third kappa shape index (κ3) is 4.15. The number of hydrogen-bond acceptors (Lipinski definition) is 3. The van der Waals surface area contributed by atoms with E-state index in [4.69, 9.17) is 5.11 Å². The van der Waals surface area contributed by atoms with Crippen molar-refractivity contribution in [2.75, 3.05) is 26.2 Å². The highest BCUT2D eigenvalue weighted by Crippen LogP contribution is 2.39. The fourth-order valence-corrected chi connectivity index (χ4v) is 4.14. The number of carbonyl (C=O) groups excluding carboxylic acids is 1. The molecular weight excluding hydrogens is 304 g/mol. The molecule has 2 saturated heterocycles. The average molecular weight is 330 g/mol. The minimum Gasteiger partial charge on any atom is -0.481 e. The molecule has 1 atom stereocenters. The van der Waals surface area contributed by atoms with Crippen LogP contribution in [0.2, 0.25) is 0 Å². The zero-order chi connectivity index (χ0) is 17.0. The van der Waals surface area contributed by atoms with Crippen molar-refractivity contribution in [3.05, 3.63) is 35.9 Å². The minimum atomic E-state index is -0.737. The van der Waals surface area contributed by atoms with Gasteiger partial charge in [-0.05, 0) is 31.4 Å². The first-order chi connectivity index (χ1) is 11.6. The molecule has 0 bridgehead atoms. The first-order valence-electron chi connectivity index (χ1n) is 8.82. The van der Waals surface area contributed by atoms with Crippen LogP contribution in [0.4, 0.5) is 0 Å². The van der Waals surface area contributed by atoms with Crippen LogP contribution >= 0.6 is 0 Å². The number of amides is 1. The van der Waals surface area contributed by atoms with Crippen LogP contribution in [0.25, 0.3) is 0 Å². The Morgan fingerprint density at radius 3 is 2.71 bits per heavy atom. The molecule has 2 fully saturated rings. The lowest BCUT2D eigenvalue weighted by molar-refractivity contribution is -0.140. The van der Waals surface area contributed by atoms with Gasteiger partial charge in [-0.25, -0.2) is 0 Å². The van der Waals surface area contributed by atoms with Crippen LogP contribution < -0.4 is 0 Å². The number of nitrogens with zero attached hydrogens (tertiary/aromatic N) is 2. The maximum absolute atomic E-state index is 12.4. The molecule has 1 N–H and O–H groups in total. The van der Waals surface area contributed by atoms with Crippen LogP contribution in [0.1, 0.15) is 37.7 Å². The molecule has 24 heavy (non-hydrogen) atoms. The molecule has 5 heteroatoms. The van der Waals surface area contributed by atoms with Crippen molar-refractivity contribution in [3.8, 4) is 0 Å². The number of piperidine rings is 2. The summed E-state index contributed by atoms with van der Waals surface area (Å²) >= 11 is 0.